The van der Waals surface area contributed by atoms with Crippen molar-refractivity contribution in [3.63, 3.8) is 0 Å². The highest BCUT2D eigenvalue weighted by Crippen LogP contribution is 2.37. The van der Waals surface area contributed by atoms with Gasteiger partial charge in [0.2, 0.25) is 5.88 Å². The van der Waals surface area contributed by atoms with E-state index < -0.39 is 30.8 Å². The van der Waals surface area contributed by atoms with E-state index in [1.54, 1.807) is 6.07 Å². The Morgan fingerprint density at radius 1 is 1.30 bits per heavy atom. The first kappa shape index (κ1) is 22.2. The summed E-state index contributed by atoms with van der Waals surface area (Å²) in [4.78, 5) is 30.3. The molecule has 1 saturated carbocycles. The number of esters is 1. The van der Waals surface area contributed by atoms with Crippen molar-refractivity contribution in [2.24, 2.45) is 17.8 Å². The third-order valence-corrected chi connectivity index (χ3v) is 5.21. The van der Waals surface area contributed by atoms with Gasteiger partial charge >= 0.3 is 5.97 Å². The second-order valence-electron chi connectivity index (χ2n) is 8.55. The minimum atomic E-state index is -2.72. The molecule has 166 valence electrons. The van der Waals surface area contributed by atoms with Crippen LogP contribution in [-0.2, 0) is 9.53 Å². The van der Waals surface area contributed by atoms with E-state index in [2.05, 4.69) is 10.3 Å². The third-order valence-electron chi connectivity index (χ3n) is 5.21. The number of halogens is 2. The predicted octanol–water partition coefficient (Wildman–Crippen LogP) is 2.89. The molecule has 1 atom stereocenters. The zero-order valence-electron chi connectivity index (χ0n) is 17.6. The number of carbonyl (C=O) groups excluding carboxylic acids is 2. The first-order valence-corrected chi connectivity index (χ1v) is 10.3. The number of anilines is 1. The van der Waals surface area contributed by atoms with Crippen LogP contribution in [0, 0.1) is 17.8 Å². The maximum absolute atomic E-state index is 13.3. The van der Waals surface area contributed by atoms with Gasteiger partial charge in [-0.1, -0.05) is 13.8 Å². The van der Waals surface area contributed by atoms with E-state index >= 15 is 0 Å². The summed E-state index contributed by atoms with van der Waals surface area (Å²) >= 11 is 0. The number of ether oxygens (including phenoxy) is 2. The fourth-order valence-electron chi connectivity index (χ4n) is 3.38. The Kier molecular flexibility index (Phi) is 6.77. The average molecular weight is 425 g/mol. The minimum absolute atomic E-state index is 0.116. The van der Waals surface area contributed by atoms with Crippen molar-refractivity contribution in [2.45, 2.75) is 39.0 Å². The van der Waals surface area contributed by atoms with Crippen molar-refractivity contribution in [1.29, 1.82) is 0 Å². The van der Waals surface area contributed by atoms with Gasteiger partial charge in [0, 0.05) is 6.54 Å². The summed E-state index contributed by atoms with van der Waals surface area (Å²) in [6.07, 6.45) is 2.72. The van der Waals surface area contributed by atoms with Gasteiger partial charge in [-0.05, 0) is 43.2 Å². The molecule has 1 saturated heterocycles. The molecular weight excluding hydrogens is 396 g/mol. The number of nitrogens with zero attached hydrogens (tertiary/aromatic N) is 2. The van der Waals surface area contributed by atoms with E-state index in [4.69, 9.17) is 9.47 Å². The molecule has 9 heteroatoms. The lowest BCUT2D eigenvalue weighted by Crippen LogP contribution is -2.56. The Morgan fingerprint density at radius 2 is 2.00 bits per heavy atom. The molecule has 7 nitrogen and oxygen atoms in total. The molecule has 0 bridgehead atoms. The molecule has 1 aromatic heterocycles. The van der Waals surface area contributed by atoms with Crippen molar-refractivity contribution in [1.82, 2.24) is 10.3 Å². The molecule has 1 N–H and O–H groups in total. The predicted molar refractivity (Wildman–Crippen MR) is 107 cm³/mol. The first-order chi connectivity index (χ1) is 14.2. The van der Waals surface area contributed by atoms with Gasteiger partial charge < -0.3 is 19.7 Å². The maximum atomic E-state index is 13.3. The number of hydrogen-bond donors (Lipinski definition) is 1. The number of pyridine rings is 1. The summed E-state index contributed by atoms with van der Waals surface area (Å²) < 4.78 is 37.2. The fourth-order valence-corrected chi connectivity index (χ4v) is 3.38. The molecule has 2 heterocycles. The van der Waals surface area contributed by atoms with E-state index in [9.17, 15) is 18.4 Å². The molecule has 30 heavy (non-hydrogen) atoms. The quantitative estimate of drug-likeness (QED) is 0.581. The van der Waals surface area contributed by atoms with Crippen LogP contribution < -0.4 is 15.0 Å². The molecule has 3 rings (SSSR count). The molecule has 0 aromatic carbocycles. The van der Waals surface area contributed by atoms with Crippen molar-refractivity contribution in [2.75, 3.05) is 38.3 Å². The highest BCUT2D eigenvalue weighted by atomic mass is 19.3. The fraction of sp³-hybridized carbons (Fsp3) is 0.667. The number of alkyl halides is 2. The van der Waals surface area contributed by atoms with Crippen LogP contribution in [0.15, 0.2) is 12.1 Å². The highest BCUT2D eigenvalue weighted by Gasteiger charge is 2.45. The summed E-state index contributed by atoms with van der Waals surface area (Å²) in [5.74, 6) is -3.09. The monoisotopic (exact) mass is 425 g/mol. The molecule has 2 fully saturated rings. The SMILES string of the molecule is COC(=O)C(CNC(=O)c1ccc(N2CC(F)(F)C2)c(OCC2CC2)n1)CC(C)C. The highest BCUT2D eigenvalue weighted by molar-refractivity contribution is 5.93. The van der Waals surface area contributed by atoms with E-state index in [0.717, 1.165) is 12.8 Å². The van der Waals surface area contributed by atoms with E-state index in [1.807, 2.05) is 13.8 Å². The Labute approximate surface area is 175 Å². The van der Waals surface area contributed by atoms with Crippen LogP contribution in [0.25, 0.3) is 0 Å². The molecule has 1 aliphatic carbocycles. The Bertz CT molecular complexity index is 776. The molecule has 0 radical (unpaired) electrons. The number of rotatable bonds is 10. The van der Waals surface area contributed by atoms with Gasteiger partial charge in [-0.2, -0.15) is 0 Å². The first-order valence-electron chi connectivity index (χ1n) is 10.3. The Hall–Kier alpha value is -2.45. The topological polar surface area (TPSA) is 80.8 Å². The molecule has 1 aliphatic heterocycles. The van der Waals surface area contributed by atoms with E-state index in [1.165, 1.54) is 18.1 Å². The minimum Gasteiger partial charge on any atom is -0.476 e. The standard InChI is InChI=1S/C21H29F2N3O4/c1-13(2)8-15(20(28)29-3)9-24-18(27)16-6-7-17(26-11-21(22,23)12-26)19(25-16)30-10-14-4-5-14/h6-7,13-15H,4-5,8-12H2,1-3H3,(H,24,27). The van der Waals surface area contributed by atoms with Crippen LogP contribution in [0.3, 0.4) is 0 Å². The van der Waals surface area contributed by atoms with Crippen LogP contribution in [0.5, 0.6) is 5.88 Å². The molecule has 1 amide bonds. The van der Waals surface area contributed by atoms with Gasteiger partial charge in [0.05, 0.1) is 32.7 Å². The summed E-state index contributed by atoms with van der Waals surface area (Å²) in [5, 5.41) is 2.72. The van der Waals surface area contributed by atoms with Crippen LogP contribution in [0.4, 0.5) is 14.5 Å². The van der Waals surface area contributed by atoms with E-state index in [-0.39, 0.29) is 30.0 Å². The number of amides is 1. The lowest BCUT2D eigenvalue weighted by Gasteiger charge is -2.40. The third kappa shape index (κ3) is 5.79. The van der Waals surface area contributed by atoms with Gasteiger partial charge in [0.1, 0.15) is 11.4 Å². The summed E-state index contributed by atoms with van der Waals surface area (Å²) in [5.41, 5.74) is 0.579. The second-order valence-corrected chi connectivity index (χ2v) is 8.55. The number of aromatic nitrogens is 1. The number of carbonyl (C=O) groups is 2. The van der Waals surface area contributed by atoms with Crippen molar-refractivity contribution < 1.29 is 27.8 Å². The largest absolute Gasteiger partial charge is 0.476 e. The maximum Gasteiger partial charge on any atom is 0.310 e. The van der Waals surface area contributed by atoms with Crippen LogP contribution in [-0.4, -0.2) is 56.1 Å². The van der Waals surface area contributed by atoms with Crippen molar-refractivity contribution in [3.05, 3.63) is 17.8 Å². The van der Waals surface area contributed by atoms with E-state index in [0.29, 0.717) is 24.6 Å². The number of nitrogens with one attached hydrogen (secondary N) is 1. The van der Waals surface area contributed by atoms with Crippen LogP contribution in [0.1, 0.15) is 43.6 Å². The Morgan fingerprint density at radius 3 is 2.57 bits per heavy atom. The summed E-state index contributed by atoms with van der Waals surface area (Å²) in [6, 6.07) is 3.08. The van der Waals surface area contributed by atoms with Gasteiger partial charge in [0.25, 0.3) is 11.8 Å². The smallest absolute Gasteiger partial charge is 0.310 e. The van der Waals surface area contributed by atoms with Crippen LogP contribution >= 0.6 is 0 Å². The molecular formula is C21H29F2N3O4. The molecule has 1 aromatic rings. The summed E-state index contributed by atoms with van der Waals surface area (Å²) in [6.45, 7) is 3.77. The molecule has 1 unspecified atom stereocenters. The van der Waals surface area contributed by atoms with Gasteiger partial charge in [-0.25, -0.2) is 13.8 Å². The molecule has 2 aliphatic rings. The van der Waals surface area contributed by atoms with Crippen molar-refractivity contribution >= 4 is 17.6 Å². The van der Waals surface area contributed by atoms with Crippen molar-refractivity contribution in [3.8, 4) is 5.88 Å². The zero-order valence-corrected chi connectivity index (χ0v) is 17.6. The summed E-state index contributed by atoms with van der Waals surface area (Å²) in [7, 11) is 1.32. The van der Waals surface area contributed by atoms with Gasteiger partial charge in [-0.3, -0.25) is 9.59 Å². The average Bonchev–Trinajstić information content (AvgIpc) is 3.50. The van der Waals surface area contributed by atoms with Gasteiger partial charge in [-0.15, -0.1) is 0 Å². The second kappa shape index (κ2) is 9.14. The number of methoxy groups -OCH3 is 1. The lowest BCUT2D eigenvalue weighted by molar-refractivity contribution is -0.145. The molecule has 0 spiro atoms. The number of hydrogen-bond acceptors (Lipinski definition) is 6. The normalized spacial score (nSPS) is 18.5. The van der Waals surface area contributed by atoms with Gasteiger partial charge in [0.15, 0.2) is 0 Å². The van der Waals surface area contributed by atoms with Crippen LogP contribution in [0.2, 0.25) is 0 Å². The Balaban J connectivity index is 1.68. The zero-order chi connectivity index (χ0) is 21.9. The lowest BCUT2D eigenvalue weighted by atomic mass is 9.97.